The third kappa shape index (κ3) is 2.41. The fraction of sp³-hybridized carbons (Fsp3) is 0.636. The Morgan fingerprint density at radius 1 is 1.26 bits per heavy atom. The van der Waals surface area contributed by atoms with E-state index >= 15 is 0 Å². The van der Waals surface area contributed by atoms with Crippen molar-refractivity contribution in [3.05, 3.63) is 35.4 Å². The molecule has 5 atom stereocenters. The van der Waals surface area contributed by atoms with Crippen molar-refractivity contribution in [2.75, 3.05) is 20.2 Å². The van der Waals surface area contributed by atoms with E-state index in [0.717, 1.165) is 30.9 Å². The van der Waals surface area contributed by atoms with Gasteiger partial charge in [0.25, 0.3) is 0 Å². The molecule has 0 saturated carbocycles. The molecule has 27 heavy (non-hydrogen) atoms. The molecule has 0 aromatic heterocycles. The number of nitrogens with zero attached hydrogens (tertiary/aromatic N) is 1. The fourth-order valence-electron chi connectivity index (χ4n) is 5.99. The first-order valence-electron chi connectivity index (χ1n) is 10.4. The Morgan fingerprint density at radius 2 is 2.07 bits per heavy atom. The Balaban J connectivity index is 1.69. The van der Waals surface area contributed by atoms with Crippen LogP contribution in [0.5, 0.6) is 11.5 Å². The Bertz CT molecular complexity index is 801. The van der Waals surface area contributed by atoms with Crippen molar-refractivity contribution in [3.8, 4) is 11.5 Å². The molecule has 4 aliphatic rings. The second kappa shape index (κ2) is 5.85. The van der Waals surface area contributed by atoms with E-state index in [1.807, 2.05) is 6.92 Å². The number of hydrogen-bond donors (Lipinski definition) is 0. The summed E-state index contributed by atoms with van der Waals surface area (Å²) in [5.74, 6) is 2.40. The van der Waals surface area contributed by atoms with Gasteiger partial charge in [-0.3, -0.25) is 0 Å². The summed E-state index contributed by atoms with van der Waals surface area (Å²) in [6.07, 6.45) is 7.07. The summed E-state index contributed by atoms with van der Waals surface area (Å²) in [6, 6.07) is 4.95. The number of likely N-dealkylation sites (tertiary alicyclic amines) is 1. The van der Waals surface area contributed by atoms with Gasteiger partial charge in [-0.1, -0.05) is 18.2 Å². The number of likely N-dealkylation sites (N-methyl/N-ethyl adjacent to an activating group) is 1. The summed E-state index contributed by atoms with van der Waals surface area (Å²) >= 11 is 0. The van der Waals surface area contributed by atoms with E-state index in [2.05, 4.69) is 55.9 Å². The molecule has 1 saturated heterocycles. The number of hydrogen-bond acceptors (Lipinski definition) is 4. The number of piperidine rings is 1. The van der Waals surface area contributed by atoms with Crippen LogP contribution in [0, 0.1) is 5.92 Å². The predicted molar refractivity (Wildman–Crippen MR) is 109 cm³/mol. The maximum atomic E-state index is 6.76. The zero-order valence-corrected chi connectivity index (χ0v) is 18.1. The first-order chi connectivity index (χ1) is 12.8. The highest BCUT2D eigenvalue weighted by Gasteiger charge is 2.64. The van der Waals surface area contributed by atoms with Gasteiger partial charge in [0.2, 0.25) is 0 Å². The molecule has 1 aromatic carbocycles. The van der Waals surface area contributed by atoms with Gasteiger partial charge in [-0.05, 0) is 64.6 Å². The summed E-state index contributed by atoms with van der Waals surface area (Å²) in [4.78, 5) is 2.55. The minimum Gasteiger partial charge on any atom is -0.490 e. The van der Waals surface area contributed by atoms with Crippen LogP contribution in [-0.2, 0) is 16.3 Å². The van der Waals surface area contributed by atoms with Crippen LogP contribution in [0.1, 0.15) is 24.5 Å². The van der Waals surface area contributed by atoms with Crippen LogP contribution in [0.15, 0.2) is 24.3 Å². The van der Waals surface area contributed by atoms with Gasteiger partial charge in [-0.15, -0.1) is 0 Å². The highest BCUT2D eigenvalue weighted by atomic mass is 28.4. The van der Waals surface area contributed by atoms with Crippen LogP contribution in [0.25, 0.3) is 0 Å². The van der Waals surface area contributed by atoms with Crippen molar-refractivity contribution in [3.63, 3.8) is 0 Å². The number of ether oxygens (including phenoxy) is 2. The molecule has 5 heteroatoms. The molecule has 2 bridgehead atoms. The molecule has 2 aliphatic carbocycles. The minimum absolute atomic E-state index is 0.0322. The molecule has 0 amide bonds. The third-order valence-electron chi connectivity index (χ3n) is 6.90. The minimum atomic E-state index is -1.69. The van der Waals surface area contributed by atoms with Gasteiger partial charge in [-0.2, -0.15) is 0 Å². The quantitative estimate of drug-likeness (QED) is 0.583. The Hall–Kier alpha value is -1.30. The topological polar surface area (TPSA) is 30.9 Å². The van der Waals surface area contributed by atoms with Gasteiger partial charge < -0.3 is 18.8 Å². The second-order valence-electron chi connectivity index (χ2n) is 9.55. The van der Waals surface area contributed by atoms with Gasteiger partial charge in [0.05, 0.1) is 6.61 Å². The lowest BCUT2D eigenvalue weighted by atomic mass is 9.53. The van der Waals surface area contributed by atoms with E-state index in [1.54, 1.807) is 0 Å². The van der Waals surface area contributed by atoms with Crippen molar-refractivity contribution >= 4 is 8.32 Å². The lowest BCUT2D eigenvalue weighted by Crippen LogP contribution is -2.65. The lowest BCUT2D eigenvalue weighted by molar-refractivity contribution is -0.0403. The second-order valence-corrected chi connectivity index (χ2v) is 14.0. The van der Waals surface area contributed by atoms with Crippen LogP contribution in [0.3, 0.4) is 0 Å². The molecule has 4 nitrogen and oxygen atoms in total. The smallest absolute Gasteiger partial charge is 0.184 e. The molecule has 2 heterocycles. The summed E-state index contributed by atoms with van der Waals surface area (Å²) in [6.45, 7) is 10.6. The fourth-order valence-corrected chi connectivity index (χ4v) is 7.01. The van der Waals surface area contributed by atoms with Crippen molar-refractivity contribution < 1.29 is 13.9 Å². The van der Waals surface area contributed by atoms with E-state index in [0.29, 0.717) is 18.6 Å². The maximum Gasteiger partial charge on any atom is 0.184 e. The molecule has 1 aromatic rings. The monoisotopic (exact) mass is 385 g/mol. The SMILES string of the molecule is CCOc1ccc2c3c1OC1C(O[Si](C)(C)C)C=CC4C(C2)N(C)CCC341. The van der Waals surface area contributed by atoms with Gasteiger partial charge >= 0.3 is 0 Å². The van der Waals surface area contributed by atoms with Crippen LogP contribution < -0.4 is 9.47 Å². The molecule has 5 rings (SSSR count). The van der Waals surface area contributed by atoms with Crippen LogP contribution >= 0.6 is 0 Å². The lowest BCUT2D eigenvalue weighted by Gasteiger charge is -2.57. The van der Waals surface area contributed by atoms with Crippen molar-refractivity contribution in [1.29, 1.82) is 0 Å². The maximum absolute atomic E-state index is 6.76. The molecule has 0 N–H and O–H groups in total. The average Bonchev–Trinajstić information content (AvgIpc) is 2.95. The summed E-state index contributed by atoms with van der Waals surface area (Å²) in [5.41, 5.74) is 2.92. The van der Waals surface area contributed by atoms with Crippen LogP contribution in [0.2, 0.25) is 19.6 Å². The van der Waals surface area contributed by atoms with Gasteiger partial charge in [0.15, 0.2) is 19.8 Å². The van der Waals surface area contributed by atoms with Crippen molar-refractivity contribution in [1.82, 2.24) is 4.90 Å². The molecule has 2 aliphatic heterocycles. The number of rotatable bonds is 4. The van der Waals surface area contributed by atoms with Crippen LogP contribution in [0.4, 0.5) is 0 Å². The Morgan fingerprint density at radius 3 is 2.81 bits per heavy atom. The van der Waals surface area contributed by atoms with Crippen LogP contribution in [-0.4, -0.2) is 51.7 Å². The summed E-state index contributed by atoms with van der Waals surface area (Å²) < 4.78 is 19.4. The van der Waals surface area contributed by atoms with E-state index in [9.17, 15) is 0 Å². The van der Waals surface area contributed by atoms with Gasteiger partial charge in [0, 0.05) is 22.9 Å². The predicted octanol–water partition coefficient (Wildman–Crippen LogP) is 3.75. The van der Waals surface area contributed by atoms with Crippen molar-refractivity contribution in [2.24, 2.45) is 5.92 Å². The molecule has 0 radical (unpaired) electrons. The summed E-state index contributed by atoms with van der Waals surface area (Å²) in [5, 5.41) is 0. The standard InChI is InChI=1S/C22H31NO3Si/c1-6-24-17-9-7-14-13-16-15-8-10-18(26-27(3,4)5)21-22(15,11-12-23(16)2)19(14)20(17)25-21/h7-10,15-16,18,21H,6,11-13H2,1-5H3. The van der Waals surface area contributed by atoms with Gasteiger partial charge in [-0.25, -0.2) is 0 Å². The summed E-state index contributed by atoms with van der Waals surface area (Å²) in [7, 11) is 0.594. The first-order valence-corrected chi connectivity index (χ1v) is 13.8. The first kappa shape index (κ1) is 17.8. The van der Waals surface area contributed by atoms with E-state index in [-0.39, 0.29) is 17.6 Å². The Kier molecular flexibility index (Phi) is 3.85. The van der Waals surface area contributed by atoms with E-state index in [1.165, 1.54) is 11.1 Å². The normalized spacial score (nSPS) is 36.3. The molecular formula is C22H31NO3Si. The zero-order valence-electron chi connectivity index (χ0n) is 17.1. The average molecular weight is 386 g/mol. The number of benzene rings is 1. The van der Waals surface area contributed by atoms with E-state index in [4.69, 9.17) is 13.9 Å². The molecule has 5 unspecified atom stereocenters. The molecule has 1 fully saturated rings. The zero-order chi connectivity index (χ0) is 19.0. The Labute approximate surface area is 163 Å². The molecular weight excluding hydrogens is 354 g/mol. The molecule has 1 spiro atoms. The highest BCUT2D eigenvalue weighted by molar-refractivity contribution is 6.69. The highest BCUT2D eigenvalue weighted by Crippen LogP contribution is 2.62. The third-order valence-corrected chi connectivity index (χ3v) is 7.88. The van der Waals surface area contributed by atoms with Gasteiger partial charge in [0.1, 0.15) is 12.2 Å². The van der Waals surface area contributed by atoms with Crippen molar-refractivity contribution in [2.45, 2.75) is 63.1 Å². The van der Waals surface area contributed by atoms with E-state index < -0.39 is 8.32 Å². The molecule has 146 valence electrons. The largest absolute Gasteiger partial charge is 0.490 e.